The average molecular weight is 767 g/mol. The molecule has 0 spiro atoms. The lowest BCUT2D eigenvalue weighted by atomic mass is 10.0. The van der Waals surface area contributed by atoms with E-state index in [1.165, 1.54) is 9.80 Å². The largest absolute Gasteiger partial charge is 0.444 e. The second kappa shape index (κ2) is 17.8. The molecule has 2 fully saturated rings. The Kier molecular flexibility index (Phi) is 13.7. The van der Waals surface area contributed by atoms with E-state index in [4.69, 9.17) is 14.6 Å². The third kappa shape index (κ3) is 11.3. The first kappa shape index (κ1) is 42.3. The van der Waals surface area contributed by atoms with E-state index in [1.807, 2.05) is 0 Å². The van der Waals surface area contributed by atoms with Crippen molar-refractivity contribution in [1.29, 1.82) is 0 Å². The molecule has 6 rings (SSSR count). The van der Waals surface area contributed by atoms with Crippen molar-refractivity contribution in [3.63, 3.8) is 0 Å². The van der Waals surface area contributed by atoms with Gasteiger partial charge in [0.15, 0.2) is 0 Å². The van der Waals surface area contributed by atoms with Crippen molar-refractivity contribution in [2.45, 2.75) is 78.4 Å². The predicted octanol–water partition coefficient (Wildman–Crippen LogP) is 6.34. The maximum Gasteiger partial charge on any atom is 0.410 e. The maximum absolute atomic E-state index is 14.8. The van der Waals surface area contributed by atoms with Gasteiger partial charge in [0.1, 0.15) is 22.9 Å². The number of ether oxygens (including phenoxy) is 2. The Hall–Kier alpha value is -5.44. The van der Waals surface area contributed by atoms with Crippen LogP contribution in [-0.2, 0) is 9.47 Å². The van der Waals surface area contributed by atoms with Crippen LogP contribution in [0.4, 0.5) is 18.4 Å². The van der Waals surface area contributed by atoms with Crippen molar-refractivity contribution in [3.8, 4) is 0 Å². The lowest BCUT2D eigenvalue weighted by molar-refractivity contribution is 0.0234. The summed E-state index contributed by atoms with van der Waals surface area (Å²) in [5, 5.41) is 10.9. The van der Waals surface area contributed by atoms with Gasteiger partial charge in [0.25, 0.3) is 23.6 Å². The molecule has 4 heterocycles. The van der Waals surface area contributed by atoms with Crippen molar-refractivity contribution in [2.75, 3.05) is 39.3 Å². The molecule has 0 radical (unpaired) electrons. The highest BCUT2D eigenvalue weighted by Crippen LogP contribution is 2.27. The molecule has 0 bridgehead atoms. The number of hydrogen-bond acceptors (Lipinski definition) is 9. The number of piperidine rings is 2. The van der Waals surface area contributed by atoms with E-state index in [0.29, 0.717) is 72.2 Å². The molecule has 296 valence electrons. The highest BCUT2D eigenvalue weighted by atomic mass is 19.1. The third-order valence-electron chi connectivity index (χ3n) is 8.60. The van der Waals surface area contributed by atoms with Gasteiger partial charge in [-0.15, -0.1) is 0 Å². The minimum atomic E-state index is -0.628. The molecule has 2 N–H and O–H groups in total. The number of aliphatic hydroxyl groups is 1. The summed E-state index contributed by atoms with van der Waals surface area (Å²) in [5.41, 5.74) is 1.26. The highest BCUT2D eigenvalue weighted by Gasteiger charge is 2.37. The quantitative estimate of drug-likeness (QED) is 0.340. The van der Waals surface area contributed by atoms with Crippen LogP contribution in [0, 0.1) is 0 Å². The number of halogens is 2. The van der Waals surface area contributed by atoms with Crippen LogP contribution in [0.5, 0.6) is 0 Å². The number of carbonyl (C=O) groups excluding carboxylic acids is 6. The Morgan fingerprint density at radius 2 is 1.05 bits per heavy atom. The minimum Gasteiger partial charge on any atom is -0.444 e. The third-order valence-corrected chi connectivity index (χ3v) is 8.60. The van der Waals surface area contributed by atoms with Gasteiger partial charge in [0.05, 0.1) is 35.4 Å². The summed E-state index contributed by atoms with van der Waals surface area (Å²) in [4.78, 5) is 74.5. The van der Waals surface area contributed by atoms with E-state index in [9.17, 15) is 37.5 Å². The summed E-state index contributed by atoms with van der Waals surface area (Å²) in [5.74, 6) is -2.66. The first-order chi connectivity index (χ1) is 25.8. The Bertz CT molecular complexity index is 1830. The van der Waals surface area contributed by atoms with Crippen molar-refractivity contribution >= 4 is 35.8 Å². The lowest BCUT2D eigenvalue weighted by Gasteiger charge is -2.31. The summed E-state index contributed by atoms with van der Waals surface area (Å²) >= 11 is 0. The van der Waals surface area contributed by atoms with Crippen LogP contribution in [-0.4, -0.2) is 106 Å². The van der Waals surface area contributed by atoms with Crippen LogP contribution in [0.1, 0.15) is 109 Å². The monoisotopic (exact) mass is 766 g/mol. The number of fused-ring (bicyclic) bond motifs is 2. The summed E-state index contributed by atoms with van der Waals surface area (Å²) in [7, 11) is 0. The van der Waals surface area contributed by atoms with Gasteiger partial charge in [-0.3, -0.25) is 29.4 Å². The number of nitrogens with one attached hydrogen (secondary N) is 1. The number of imide groups is 2. The standard InChI is InChI=1S/C20H23FN2O4.C12H20FNO3.C8H5NO2/c1-20(2,3)27-19(26)22-10-6-7-13(11-22)16(21)12-23-17(24)14-8-4-5-9-15(14)18(23)25;1-12(2,3)17-11(16)14-6-4-5-9(7-14)10(13)8-15;10-7-5-3-1-2-4-6(5)8(11)9-7/h4-5,8-9H,6-7,10-12H2,1-3H3;15H,4-8H2,1-3H3;1-4H,(H,9,10,11)/b16-13+;10-9+;. The van der Waals surface area contributed by atoms with E-state index < -0.39 is 60.0 Å². The smallest absolute Gasteiger partial charge is 0.410 e. The molecule has 55 heavy (non-hydrogen) atoms. The van der Waals surface area contributed by atoms with E-state index >= 15 is 0 Å². The van der Waals surface area contributed by atoms with Crippen LogP contribution in [0.15, 0.2) is 71.3 Å². The average Bonchev–Trinajstić information content (AvgIpc) is 3.57. The molecule has 2 aromatic carbocycles. The number of rotatable bonds is 3. The SMILES string of the molecule is CC(C)(C)OC(=O)N1CCC/C(=C(\F)CN2C(=O)c3ccccc3C2=O)C1.CC(C)(C)OC(=O)N1CCC/C(=C(\F)CO)C1.O=C1NC(=O)c2ccccc21. The van der Waals surface area contributed by atoms with E-state index in [0.717, 1.165) is 4.90 Å². The summed E-state index contributed by atoms with van der Waals surface area (Å²) in [6, 6.07) is 13.2. The molecular weight excluding hydrogens is 718 g/mol. The fraction of sp³-hybridized carbons (Fsp3) is 0.450. The zero-order valence-corrected chi connectivity index (χ0v) is 32.0. The number of benzene rings is 2. The van der Waals surface area contributed by atoms with Gasteiger partial charge in [-0.1, -0.05) is 24.3 Å². The molecular formula is C40H48F2N4O9. The molecule has 15 heteroatoms. The zero-order valence-electron chi connectivity index (χ0n) is 32.0. The van der Waals surface area contributed by atoms with Crippen LogP contribution >= 0.6 is 0 Å². The molecule has 2 saturated heterocycles. The lowest BCUT2D eigenvalue weighted by Crippen LogP contribution is -2.41. The molecule has 13 nitrogen and oxygen atoms in total. The van der Waals surface area contributed by atoms with Crippen molar-refractivity contribution < 1.29 is 52.1 Å². The fourth-order valence-corrected chi connectivity index (χ4v) is 6.01. The first-order valence-corrected chi connectivity index (χ1v) is 18.0. The number of amides is 6. The molecule has 2 aromatic rings. The van der Waals surface area contributed by atoms with Gasteiger partial charge < -0.3 is 24.4 Å². The first-order valence-electron chi connectivity index (χ1n) is 18.0. The second-order valence-corrected chi connectivity index (χ2v) is 15.3. The van der Waals surface area contributed by atoms with Gasteiger partial charge in [-0.05, 0) is 103 Å². The van der Waals surface area contributed by atoms with Gasteiger partial charge >= 0.3 is 12.2 Å². The van der Waals surface area contributed by atoms with Crippen molar-refractivity contribution in [1.82, 2.24) is 20.0 Å². The maximum atomic E-state index is 14.8. The molecule has 0 aromatic heterocycles. The molecule has 0 atom stereocenters. The van der Waals surface area contributed by atoms with Crippen LogP contribution in [0.2, 0.25) is 0 Å². The van der Waals surface area contributed by atoms with Crippen LogP contribution < -0.4 is 5.32 Å². The molecule has 0 aliphatic carbocycles. The molecule has 4 aliphatic heterocycles. The molecule has 0 saturated carbocycles. The fourth-order valence-electron chi connectivity index (χ4n) is 6.01. The number of hydrogen-bond donors (Lipinski definition) is 2. The Morgan fingerprint density at radius 3 is 1.44 bits per heavy atom. The topological polar surface area (TPSA) is 163 Å². The molecule has 4 aliphatic rings. The summed E-state index contributed by atoms with van der Waals surface area (Å²) in [6.45, 7) is 11.0. The van der Waals surface area contributed by atoms with Gasteiger partial charge in [-0.2, -0.15) is 0 Å². The zero-order chi connectivity index (χ0) is 40.7. The molecule has 6 amide bonds. The Balaban J connectivity index is 0.000000204. The number of likely N-dealkylation sites (tertiary alicyclic amines) is 2. The summed E-state index contributed by atoms with van der Waals surface area (Å²) in [6.07, 6.45) is 1.44. The second-order valence-electron chi connectivity index (χ2n) is 15.3. The Morgan fingerprint density at radius 1 is 0.673 bits per heavy atom. The normalized spacial score (nSPS) is 18.6. The van der Waals surface area contributed by atoms with E-state index in [-0.39, 0.29) is 24.9 Å². The number of nitrogens with zero attached hydrogens (tertiary/aromatic N) is 3. The van der Waals surface area contributed by atoms with Gasteiger partial charge in [0.2, 0.25) is 0 Å². The van der Waals surface area contributed by atoms with E-state index in [1.54, 1.807) is 90.1 Å². The van der Waals surface area contributed by atoms with Crippen molar-refractivity contribution in [3.05, 3.63) is 93.6 Å². The van der Waals surface area contributed by atoms with Gasteiger partial charge in [-0.25, -0.2) is 18.4 Å². The highest BCUT2D eigenvalue weighted by molar-refractivity contribution is 6.22. The number of carbonyl (C=O) groups is 6. The van der Waals surface area contributed by atoms with Crippen molar-refractivity contribution in [2.24, 2.45) is 0 Å². The predicted molar refractivity (Wildman–Crippen MR) is 197 cm³/mol. The number of aliphatic hydroxyl groups excluding tert-OH is 1. The summed E-state index contributed by atoms with van der Waals surface area (Å²) < 4.78 is 38.6. The van der Waals surface area contributed by atoms with Gasteiger partial charge in [0, 0.05) is 26.2 Å². The minimum absolute atomic E-state index is 0.101. The van der Waals surface area contributed by atoms with Crippen LogP contribution in [0.3, 0.4) is 0 Å². The van der Waals surface area contributed by atoms with E-state index in [2.05, 4.69) is 5.32 Å². The molecule has 0 unspecified atom stereocenters. The van der Waals surface area contributed by atoms with Crippen LogP contribution in [0.25, 0.3) is 0 Å². The Labute approximate surface area is 318 Å².